The van der Waals surface area contributed by atoms with E-state index in [1.54, 1.807) is 6.20 Å². The minimum absolute atomic E-state index is 0.335. The standard InChI is InChI=1S/C14H23N3O2/c1-13(2,3)19-12(18)16-8-10-7-15-9-17(10)11-6-14(11,4)5/h7,9,11H,6,8H2,1-5H3,(H,16,18). The quantitative estimate of drug-likeness (QED) is 0.914. The van der Waals surface area contributed by atoms with Crippen LogP contribution in [0.3, 0.4) is 0 Å². The lowest BCUT2D eigenvalue weighted by molar-refractivity contribution is 0.0522. The van der Waals surface area contributed by atoms with Crippen LogP contribution in [0.4, 0.5) is 4.79 Å². The first kappa shape index (κ1) is 13.9. The zero-order chi connectivity index (χ0) is 14.3. The summed E-state index contributed by atoms with van der Waals surface area (Å²) in [6.07, 6.45) is 4.40. The first-order valence-electron chi connectivity index (χ1n) is 6.67. The predicted octanol–water partition coefficient (Wildman–Crippen LogP) is 2.88. The van der Waals surface area contributed by atoms with Crippen molar-refractivity contribution in [1.29, 1.82) is 0 Å². The molecule has 0 aromatic carbocycles. The highest BCUT2D eigenvalue weighted by Crippen LogP contribution is 2.55. The van der Waals surface area contributed by atoms with Gasteiger partial charge in [-0.15, -0.1) is 0 Å². The van der Waals surface area contributed by atoms with E-state index in [9.17, 15) is 4.79 Å². The molecule has 1 fully saturated rings. The number of carbonyl (C=O) groups excluding carboxylic acids is 1. The topological polar surface area (TPSA) is 56.1 Å². The Kier molecular flexibility index (Phi) is 3.32. The maximum atomic E-state index is 11.6. The van der Waals surface area contributed by atoms with Crippen LogP contribution in [0, 0.1) is 5.41 Å². The molecule has 1 aromatic rings. The molecule has 1 saturated carbocycles. The van der Waals surface area contributed by atoms with Crippen molar-refractivity contribution >= 4 is 6.09 Å². The molecule has 19 heavy (non-hydrogen) atoms. The zero-order valence-corrected chi connectivity index (χ0v) is 12.4. The normalized spacial score (nSPS) is 21.0. The lowest BCUT2D eigenvalue weighted by Crippen LogP contribution is -2.32. The van der Waals surface area contributed by atoms with Gasteiger partial charge in [0.2, 0.25) is 0 Å². The molecule has 1 N–H and O–H groups in total. The highest BCUT2D eigenvalue weighted by molar-refractivity contribution is 5.67. The highest BCUT2D eigenvalue weighted by atomic mass is 16.6. The smallest absolute Gasteiger partial charge is 0.407 e. The molecular weight excluding hydrogens is 242 g/mol. The maximum absolute atomic E-state index is 11.6. The van der Waals surface area contributed by atoms with Crippen LogP contribution in [0.1, 0.15) is 52.8 Å². The van der Waals surface area contributed by atoms with E-state index in [2.05, 4.69) is 28.7 Å². The van der Waals surface area contributed by atoms with Crippen molar-refractivity contribution < 1.29 is 9.53 Å². The average Bonchev–Trinajstić information content (AvgIpc) is 2.71. The van der Waals surface area contributed by atoms with Crippen molar-refractivity contribution in [1.82, 2.24) is 14.9 Å². The average molecular weight is 265 g/mol. The van der Waals surface area contributed by atoms with Gasteiger partial charge in [-0.1, -0.05) is 13.8 Å². The first-order chi connectivity index (χ1) is 8.69. The number of rotatable bonds is 3. The molecule has 1 unspecified atom stereocenters. The van der Waals surface area contributed by atoms with E-state index in [1.165, 1.54) is 0 Å². The van der Waals surface area contributed by atoms with Gasteiger partial charge in [-0.05, 0) is 32.6 Å². The summed E-state index contributed by atoms with van der Waals surface area (Å²) in [5.41, 5.74) is 0.880. The van der Waals surface area contributed by atoms with Gasteiger partial charge >= 0.3 is 6.09 Å². The number of alkyl carbamates (subject to hydrolysis) is 1. The van der Waals surface area contributed by atoms with Crippen molar-refractivity contribution in [3.63, 3.8) is 0 Å². The molecule has 2 rings (SSSR count). The second kappa shape index (κ2) is 4.54. The van der Waals surface area contributed by atoms with Crippen LogP contribution < -0.4 is 5.32 Å². The summed E-state index contributed by atoms with van der Waals surface area (Å²) >= 11 is 0. The van der Waals surface area contributed by atoms with E-state index in [1.807, 2.05) is 27.1 Å². The molecule has 1 atom stereocenters. The van der Waals surface area contributed by atoms with Crippen LogP contribution in [0.25, 0.3) is 0 Å². The highest BCUT2D eigenvalue weighted by Gasteiger charge is 2.47. The molecule has 0 spiro atoms. The van der Waals surface area contributed by atoms with E-state index >= 15 is 0 Å². The summed E-state index contributed by atoms with van der Waals surface area (Å²) in [6, 6.07) is 0.491. The van der Waals surface area contributed by atoms with Crippen LogP contribution in [0.5, 0.6) is 0 Å². The molecule has 1 aromatic heterocycles. The number of imidazole rings is 1. The number of ether oxygens (including phenoxy) is 1. The Morgan fingerprint density at radius 3 is 2.74 bits per heavy atom. The van der Waals surface area contributed by atoms with Gasteiger partial charge in [0, 0.05) is 12.2 Å². The summed E-state index contributed by atoms with van der Waals surface area (Å²) in [4.78, 5) is 15.8. The Morgan fingerprint density at radius 1 is 1.58 bits per heavy atom. The molecule has 0 aliphatic heterocycles. The van der Waals surface area contributed by atoms with Gasteiger partial charge in [-0.25, -0.2) is 9.78 Å². The van der Waals surface area contributed by atoms with E-state index in [-0.39, 0.29) is 0 Å². The van der Waals surface area contributed by atoms with Gasteiger partial charge in [0.15, 0.2) is 0 Å². The first-order valence-corrected chi connectivity index (χ1v) is 6.67. The molecular formula is C14H23N3O2. The second-order valence-corrected chi connectivity index (χ2v) is 6.86. The lowest BCUT2D eigenvalue weighted by atomic mass is 10.2. The molecule has 1 heterocycles. The minimum Gasteiger partial charge on any atom is -0.444 e. The van der Waals surface area contributed by atoms with Crippen LogP contribution >= 0.6 is 0 Å². The fourth-order valence-corrected chi connectivity index (χ4v) is 2.14. The Morgan fingerprint density at radius 2 is 2.21 bits per heavy atom. The van der Waals surface area contributed by atoms with Crippen LogP contribution in [-0.4, -0.2) is 21.2 Å². The molecule has 106 valence electrons. The van der Waals surface area contributed by atoms with E-state index < -0.39 is 11.7 Å². The molecule has 1 aliphatic carbocycles. The van der Waals surface area contributed by atoms with Crippen molar-refractivity contribution in [2.75, 3.05) is 0 Å². The molecule has 0 saturated heterocycles. The van der Waals surface area contributed by atoms with Gasteiger partial charge in [0.25, 0.3) is 0 Å². The SMILES string of the molecule is CC(C)(C)OC(=O)NCc1cncn1C1CC1(C)C. The van der Waals surface area contributed by atoms with Crippen LogP contribution in [0.15, 0.2) is 12.5 Å². The third-order valence-electron chi connectivity index (χ3n) is 3.36. The third-order valence-corrected chi connectivity index (χ3v) is 3.36. The van der Waals surface area contributed by atoms with Crippen LogP contribution in [0.2, 0.25) is 0 Å². The lowest BCUT2D eigenvalue weighted by Gasteiger charge is -2.20. The number of carbonyl (C=O) groups is 1. The summed E-state index contributed by atoms with van der Waals surface area (Å²) in [7, 11) is 0. The van der Waals surface area contributed by atoms with E-state index in [0.717, 1.165) is 12.1 Å². The molecule has 1 aliphatic rings. The van der Waals surface area contributed by atoms with Crippen molar-refractivity contribution in [3.05, 3.63) is 18.2 Å². The van der Waals surface area contributed by atoms with Gasteiger partial charge in [0.05, 0.1) is 18.6 Å². The number of nitrogens with zero attached hydrogens (tertiary/aromatic N) is 2. The number of amides is 1. The van der Waals surface area contributed by atoms with Gasteiger partial charge in [0.1, 0.15) is 5.60 Å². The second-order valence-electron chi connectivity index (χ2n) is 6.86. The van der Waals surface area contributed by atoms with E-state index in [0.29, 0.717) is 18.0 Å². The molecule has 5 heteroatoms. The summed E-state index contributed by atoms with van der Waals surface area (Å²) in [5.74, 6) is 0. The zero-order valence-electron chi connectivity index (χ0n) is 12.4. The largest absolute Gasteiger partial charge is 0.444 e. The maximum Gasteiger partial charge on any atom is 0.407 e. The molecule has 0 bridgehead atoms. The fraction of sp³-hybridized carbons (Fsp3) is 0.714. The Bertz CT molecular complexity index is 471. The third kappa shape index (κ3) is 3.49. The van der Waals surface area contributed by atoms with Gasteiger partial charge in [-0.2, -0.15) is 0 Å². The van der Waals surface area contributed by atoms with Gasteiger partial charge < -0.3 is 14.6 Å². The minimum atomic E-state index is -0.469. The Labute approximate surface area is 114 Å². The molecule has 0 radical (unpaired) electrons. The van der Waals surface area contributed by atoms with Crippen molar-refractivity contribution in [3.8, 4) is 0 Å². The monoisotopic (exact) mass is 265 g/mol. The van der Waals surface area contributed by atoms with Crippen LogP contribution in [-0.2, 0) is 11.3 Å². The van der Waals surface area contributed by atoms with Crippen molar-refractivity contribution in [2.45, 2.75) is 59.2 Å². The fourth-order valence-electron chi connectivity index (χ4n) is 2.14. The Hall–Kier alpha value is -1.52. The summed E-state index contributed by atoms with van der Waals surface area (Å²) in [6.45, 7) is 10.5. The number of aromatic nitrogens is 2. The summed E-state index contributed by atoms with van der Waals surface area (Å²) in [5, 5.41) is 2.77. The van der Waals surface area contributed by atoms with Crippen molar-refractivity contribution in [2.24, 2.45) is 5.41 Å². The van der Waals surface area contributed by atoms with E-state index in [4.69, 9.17) is 4.74 Å². The van der Waals surface area contributed by atoms with Gasteiger partial charge in [-0.3, -0.25) is 0 Å². The summed E-state index contributed by atoms with van der Waals surface area (Å²) < 4.78 is 7.36. The predicted molar refractivity (Wildman–Crippen MR) is 72.7 cm³/mol. The molecule has 1 amide bonds. The molecule has 5 nitrogen and oxygen atoms in total. The number of nitrogens with one attached hydrogen (secondary N) is 1. The number of hydrogen-bond acceptors (Lipinski definition) is 3. The Balaban J connectivity index is 1.91. The number of hydrogen-bond donors (Lipinski definition) is 1.